The van der Waals surface area contributed by atoms with Gasteiger partial charge in [0.25, 0.3) is 0 Å². The van der Waals surface area contributed by atoms with Crippen LogP contribution in [0.5, 0.6) is 0 Å². The molecule has 1 atom stereocenters. The molecule has 2 N–H and O–H groups in total. The lowest BCUT2D eigenvalue weighted by molar-refractivity contribution is 0.276. The van der Waals surface area contributed by atoms with E-state index in [2.05, 4.69) is 21.2 Å². The summed E-state index contributed by atoms with van der Waals surface area (Å²) in [6.45, 7) is 0.0609. The van der Waals surface area contributed by atoms with E-state index >= 15 is 0 Å². The fourth-order valence-corrected chi connectivity index (χ4v) is 2.08. The normalized spacial score (nSPS) is 12.1. The molecule has 2 rings (SSSR count). The number of rotatable bonds is 4. The van der Waals surface area contributed by atoms with Gasteiger partial charge < -0.3 is 10.4 Å². The third-order valence-corrected chi connectivity index (χ3v) is 3.28. The van der Waals surface area contributed by atoms with Gasteiger partial charge in [-0.15, -0.1) is 0 Å². The van der Waals surface area contributed by atoms with E-state index in [1.807, 2.05) is 54.6 Å². The summed E-state index contributed by atoms with van der Waals surface area (Å²) in [5.74, 6) is 0. The van der Waals surface area contributed by atoms with E-state index in [4.69, 9.17) is 0 Å². The lowest BCUT2D eigenvalue weighted by Crippen LogP contribution is -2.14. The molecule has 0 radical (unpaired) electrons. The minimum Gasteiger partial charge on any atom is -0.394 e. The van der Waals surface area contributed by atoms with Crippen LogP contribution in [0.15, 0.2) is 59.1 Å². The highest BCUT2D eigenvalue weighted by molar-refractivity contribution is 9.10. The summed E-state index contributed by atoms with van der Waals surface area (Å²) in [6.07, 6.45) is 0. The van der Waals surface area contributed by atoms with Gasteiger partial charge in [-0.3, -0.25) is 0 Å². The average Bonchev–Trinajstić information content (AvgIpc) is 2.39. The maximum atomic E-state index is 9.45. The number of aliphatic hydroxyl groups excluding tert-OH is 1. The molecule has 0 saturated carbocycles. The van der Waals surface area contributed by atoms with Crippen LogP contribution in [-0.4, -0.2) is 11.7 Å². The van der Waals surface area contributed by atoms with Gasteiger partial charge in [-0.05, 0) is 33.6 Å². The maximum absolute atomic E-state index is 9.45. The molecular weight excluding hydrogens is 278 g/mol. The molecule has 3 heteroatoms. The molecule has 0 heterocycles. The van der Waals surface area contributed by atoms with Crippen molar-refractivity contribution in [3.63, 3.8) is 0 Å². The SMILES string of the molecule is OC[C@@H](Nc1ccccc1Br)c1ccccc1. The minimum absolute atomic E-state index is 0.0609. The highest BCUT2D eigenvalue weighted by Crippen LogP contribution is 2.26. The van der Waals surface area contributed by atoms with E-state index in [0.717, 1.165) is 15.7 Å². The van der Waals surface area contributed by atoms with Crippen LogP contribution < -0.4 is 5.32 Å². The third-order valence-electron chi connectivity index (χ3n) is 2.59. The van der Waals surface area contributed by atoms with Crippen molar-refractivity contribution in [3.05, 3.63) is 64.6 Å². The van der Waals surface area contributed by atoms with E-state index < -0.39 is 0 Å². The van der Waals surface area contributed by atoms with Crippen molar-refractivity contribution in [1.29, 1.82) is 0 Å². The number of hydrogen-bond acceptors (Lipinski definition) is 2. The second-order valence-corrected chi connectivity index (χ2v) is 4.62. The third kappa shape index (κ3) is 3.08. The predicted molar refractivity (Wildman–Crippen MR) is 74.0 cm³/mol. The molecule has 0 unspecified atom stereocenters. The van der Waals surface area contributed by atoms with Gasteiger partial charge in [0.1, 0.15) is 0 Å². The summed E-state index contributed by atoms with van der Waals surface area (Å²) in [5, 5.41) is 12.8. The van der Waals surface area contributed by atoms with Gasteiger partial charge in [0.2, 0.25) is 0 Å². The van der Waals surface area contributed by atoms with E-state index in [-0.39, 0.29) is 12.6 Å². The second kappa shape index (κ2) is 5.84. The lowest BCUT2D eigenvalue weighted by atomic mass is 10.1. The number of aliphatic hydroxyl groups is 1. The molecule has 0 aliphatic carbocycles. The Bertz CT molecular complexity index is 473. The van der Waals surface area contributed by atoms with Crippen molar-refractivity contribution in [1.82, 2.24) is 0 Å². The summed E-state index contributed by atoms with van der Waals surface area (Å²) in [5.41, 5.74) is 2.06. The van der Waals surface area contributed by atoms with Gasteiger partial charge in [-0.25, -0.2) is 0 Å². The van der Waals surface area contributed by atoms with Crippen LogP contribution in [0, 0.1) is 0 Å². The molecule has 88 valence electrons. The zero-order chi connectivity index (χ0) is 12.1. The van der Waals surface area contributed by atoms with Crippen molar-refractivity contribution in [3.8, 4) is 0 Å². The van der Waals surface area contributed by atoms with Crippen LogP contribution in [0.3, 0.4) is 0 Å². The quantitative estimate of drug-likeness (QED) is 0.902. The molecule has 0 amide bonds. The molecule has 0 aliphatic heterocycles. The predicted octanol–water partition coefficient (Wildman–Crippen LogP) is 3.59. The molecule has 2 nitrogen and oxygen atoms in total. The summed E-state index contributed by atoms with van der Waals surface area (Å²) in [6, 6.07) is 17.7. The molecule has 0 bridgehead atoms. The Kier molecular flexibility index (Phi) is 4.18. The van der Waals surface area contributed by atoms with Crippen molar-refractivity contribution in [2.45, 2.75) is 6.04 Å². The number of para-hydroxylation sites is 1. The molecule has 0 aliphatic rings. The van der Waals surface area contributed by atoms with E-state index in [9.17, 15) is 5.11 Å². The fraction of sp³-hybridized carbons (Fsp3) is 0.143. The minimum atomic E-state index is -0.0881. The number of benzene rings is 2. The van der Waals surface area contributed by atoms with E-state index in [1.54, 1.807) is 0 Å². The van der Waals surface area contributed by atoms with Gasteiger partial charge in [0.15, 0.2) is 0 Å². The standard InChI is InChI=1S/C14H14BrNO/c15-12-8-4-5-9-13(12)16-14(10-17)11-6-2-1-3-7-11/h1-9,14,16-17H,10H2/t14-/m1/s1. The first-order valence-corrected chi connectivity index (χ1v) is 6.27. The lowest BCUT2D eigenvalue weighted by Gasteiger charge is -2.18. The number of anilines is 1. The molecule has 2 aromatic rings. The molecule has 0 fully saturated rings. The Labute approximate surface area is 109 Å². The largest absolute Gasteiger partial charge is 0.394 e. The van der Waals surface area contributed by atoms with Crippen molar-refractivity contribution in [2.75, 3.05) is 11.9 Å². The first kappa shape index (κ1) is 12.1. The Morgan fingerprint density at radius 1 is 1.00 bits per heavy atom. The van der Waals surface area contributed by atoms with Crippen LogP contribution >= 0.6 is 15.9 Å². The van der Waals surface area contributed by atoms with Gasteiger partial charge >= 0.3 is 0 Å². The number of halogens is 1. The zero-order valence-corrected chi connectivity index (χ0v) is 10.9. The Morgan fingerprint density at radius 2 is 1.65 bits per heavy atom. The van der Waals surface area contributed by atoms with Gasteiger partial charge in [0, 0.05) is 10.2 Å². The topological polar surface area (TPSA) is 32.3 Å². The molecule has 2 aromatic carbocycles. The van der Waals surface area contributed by atoms with Crippen LogP contribution in [0.1, 0.15) is 11.6 Å². The van der Waals surface area contributed by atoms with Crippen molar-refractivity contribution < 1.29 is 5.11 Å². The molecule has 0 spiro atoms. The first-order chi connectivity index (χ1) is 8.31. The average molecular weight is 292 g/mol. The molecular formula is C14H14BrNO. The first-order valence-electron chi connectivity index (χ1n) is 5.48. The van der Waals surface area contributed by atoms with Crippen LogP contribution in [0.4, 0.5) is 5.69 Å². The van der Waals surface area contributed by atoms with Gasteiger partial charge in [-0.1, -0.05) is 42.5 Å². The second-order valence-electron chi connectivity index (χ2n) is 3.77. The Morgan fingerprint density at radius 3 is 2.29 bits per heavy atom. The Hall–Kier alpha value is -1.32. The van der Waals surface area contributed by atoms with Gasteiger partial charge in [-0.2, -0.15) is 0 Å². The van der Waals surface area contributed by atoms with Gasteiger partial charge in [0.05, 0.1) is 12.6 Å². The molecule has 17 heavy (non-hydrogen) atoms. The number of hydrogen-bond donors (Lipinski definition) is 2. The number of nitrogens with one attached hydrogen (secondary N) is 1. The smallest absolute Gasteiger partial charge is 0.0745 e. The van der Waals surface area contributed by atoms with E-state index in [0.29, 0.717) is 0 Å². The summed E-state index contributed by atoms with van der Waals surface area (Å²) in [4.78, 5) is 0. The van der Waals surface area contributed by atoms with Crippen LogP contribution in [0.25, 0.3) is 0 Å². The maximum Gasteiger partial charge on any atom is 0.0745 e. The van der Waals surface area contributed by atoms with Crippen LogP contribution in [0.2, 0.25) is 0 Å². The van der Waals surface area contributed by atoms with E-state index in [1.165, 1.54) is 0 Å². The zero-order valence-electron chi connectivity index (χ0n) is 9.31. The summed E-state index contributed by atoms with van der Waals surface area (Å²) >= 11 is 3.48. The van der Waals surface area contributed by atoms with Crippen molar-refractivity contribution in [2.24, 2.45) is 0 Å². The highest BCUT2D eigenvalue weighted by Gasteiger charge is 2.10. The summed E-state index contributed by atoms with van der Waals surface area (Å²) in [7, 11) is 0. The molecule has 0 saturated heterocycles. The molecule has 0 aromatic heterocycles. The summed E-state index contributed by atoms with van der Waals surface area (Å²) < 4.78 is 0.995. The van der Waals surface area contributed by atoms with Crippen LogP contribution in [-0.2, 0) is 0 Å². The van der Waals surface area contributed by atoms with Crippen molar-refractivity contribution >= 4 is 21.6 Å². The monoisotopic (exact) mass is 291 g/mol. The Balaban J connectivity index is 2.19. The fourth-order valence-electron chi connectivity index (χ4n) is 1.69. The highest BCUT2D eigenvalue weighted by atomic mass is 79.9.